The van der Waals surface area contributed by atoms with E-state index in [1.807, 2.05) is 24.3 Å². The number of anilines is 1. The number of para-hydroxylation sites is 1. The minimum atomic E-state index is -0.102. The van der Waals surface area contributed by atoms with Crippen molar-refractivity contribution in [3.8, 4) is 0 Å². The van der Waals surface area contributed by atoms with Gasteiger partial charge in [0.25, 0.3) is 5.91 Å². The van der Waals surface area contributed by atoms with E-state index < -0.39 is 0 Å². The van der Waals surface area contributed by atoms with Crippen LogP contribution in [0.25, 0.3) is 20.4 Å². The van der Waals surface area contributed by atoms with Gasteiger partial charge >= 0.3 is 0 Å². The van der Waals surface area contributed by atoms with Crippen molar-refractivity contribution in [2.75, 3.05) is 18.1 Å². The number of nitrogens with zero attached hydrogens (tertiary/aromatic N) is 3. The Morgan fingerprint density at radius 2 is 2.03 bits per heavy atom. The molecular weight excluding hydrogens is 402 g/mol. The van der Waals surface area contributed by atoms with Gasteiger partial charge in [0.15, 0.2) is 10.1 Å². The van der Waals surface area contributed by atoms with Crippen LogP contribution in [0.1, 0.15) is 33.8 Å². The quantitative estimate of drug-likeness (QED) is 0.444. The molecule has 1 aliphatic heterocycles. The van der Waals surface area contributed by atoms with E-state index in [1.54, 1.807) is 16.2 Å². The number of rotatable bonds is 4. The van der Waals surface area contributed by atoms with E-state index in [0.717, 1.165) is 45.4 Å². The summed E-state index contributed by atoms with van der Waals surface area (Å²) in [6.07, 6.45) is 2.04. The Kier molecular flexibility index (Phi) is 4.81. The number of fused-ring (bicyclic) bond motifs is 2. The van der Waals surface area contributed by atoms with Gasteiger partial charge in [-0.3, -0.25) is 9.69 Å². The zero-order valence-electron chi connectivity index (χ0n) is 16.3. The Labute approximate surface area is 177 Å². The molecule has 1 atom stereocenters. The number of aryl methyl sites for hydroxylation is 2. The van der Waals surface area contributed by atoms with Crippen LogP contribution in [0.5, 0.6) is 0 Å². The first-order valence-electron chi connectivity index (χ1n) is 9.75. The van der Waals surface area contributed by atoms with Gasteiger partial charge in [-0.1, -0.05) is 29.5 Å². The molecule has 2 aromatic carbocycles. The molecule has 1 amide bonds. The van der Waals surface area contributed by atoms with Gasteiger partial charge in [0.1, 0.15) is 0 Å². The lowest BCUT2D eigenvalue weighted by atomic mass is 10.1. The second kappa shape index (κ2) is 7.48. The Morgan fingerprint density at radius 3 is 2.83 bits per heavy atom. The van der Waals surface area contributed by atoms with E-state index in [4.69, 9.17) is 9.72 Å². The molecular formula is C22H21N3O2S2. The molecule has 5 nitrogen and oxygen atoms in total. The maximum Gasteiger partial charge on any atom is 0.289 e. The molecule has 1 aliphatic rings. The summed E-state index contributed by atoms with van der Waals surface area (Å²) in [6.45, 7) is 5.42. The maximum atomic E-state index is 13.5. The van der Waals surface area contributed by atoms with Crippen LogP contribution in [-0.2, 0) is 4.74 Å². The highest BCUT2D eigenvalue weighted by atomic mass is 32.1. The zero-order valence-corrected chi connectivity index (χ0v) is 18.0. The molecule has 1 unspecified atom stereocenters. The molecule has 4 aromatic rings. The fourth-order valence-electron chi connectivity index (χ4n) is 3.79. The van der Waals surface area contributed by atoms with Crippen LogP contribution >= 0.6 is 22.7 Å². The molecule has 1 saturated heterocycles. The van der Waals surface area contributed by atoms with Gasteiger partial charge in [0.2, 0.25) is 0 Å². The predicted octanol–water partition coefficient (Wildman–Crippen LogP) is 5.35. The van der Waals surface area contributed by atoms with Crippen molar-refractivity contribution in [3.63, 3.8) is 0 Å². The SMILES string of the molecule is Cc1cc(C)c2nc(N(CC3CCCO3)C(=O)c3nc4ccccc4s3)sc2c1. The number of carbonyl (C=O) groups is 1. The number of hydrogen-bond acceptors (Lipinski definition) is 6. The van der Waals surface area contributed by atoms with Crippen molar-refractivity contribution in [2.45, 2.75) is 32.8 Å². The summed E-state index contributed by atoms with van der Waals surface area (Å²) in [4.78, 5) is 24.7. The highest BCUT2D eigenvalue weighted by molar-refractivity contribution is 7.23. The van der Waals surface area contributed by atoms with E-state index >= 15 is 0 Å². The van der Waals surface area contributed by atoms with Gasteiger partial charge in [-0.05, 0) is 56.0 Å². The highest BCUT2D eigenvalue weighted by Gasteiger charge is 2.29. The van der Waals surface area contributed by atoms with Crippen LogP contribution < -0.4 is 4.90 Å². The summed E-state index contributed by atoms with van der Waals surface area (Å²) >= 11 is 2.99. The Balaban J connectivity index is 1.57. The summed E-state index contributed by atoms with van der Waals surface area (Å²) < 4.78 is 7.95. The monoisotopic (exact) mass is 423 g/mol. The van der Waals surface area contributed by atoms with Crippen molar-refractivity contribution in [1.29, 1.82) is 0 Å². The summed E-state index contributed by atoms with van der Waals surface area (Å²) in [7, 11) is 0. The van der Waals surface area contributed by atoms with Crippen LogP contribution in [0.4, 0.5) is 5.13 Å². The first-order chi connectivity index (χ1) is 14.1. The Hall–Kier alpha value is -2.35. The number of carbonyl (C=O) groups excluding carboxylic acids is 1. The standard InChI is InChI=1S/C22H21N3O2S2/c1-13-10-14(2)19-18(11-13)29-22(24-19)25(12-15-6-5-9-27-15)21(26)20-23-16-7-3-4-8-17(16)28-20/h3-4,7-8,10-11,15H,5-6,9,12H2,1-2H3. The van der Waals surface area contributed by atoms with Gasteiger partial charge in [0, 0.05) is 6.61 Å². The third-order valence-corrected chi connectivity index (χ3v) is 7.23. The van der Waals surface area contributed by atoms with E-state index in [1.165, 1.54) is 16.9 Å². The summed E-state index contributed by atoms with van der Waals surface area (Å²) in [6, 6.07) is 12.1. The van der Waals surface area contributed by atoms with E-state index in [0.29, 0.717) is 16.7 Å². The van der Waals surface area contributed by atoms with Gasteiger partial charge in [-0.25, -0.2) is 9.97 Å². The number of hydrogen-bond donors (Lipinski definition) is 0. The molecule has 5 rings (SSSR count). The van der Waals surface area contributed by atoms with Crippen LogP contribution in [0.3, 0.4) is 0 Å². The molecule has 148 valence electrons. The summed E-state index contributed by atoms with van der Waals surface area (Å²) in [5, 5.41) is 1.21. The minimum absolute atomic E-state index is 0.0446. The topological polar surface area (TPSA) is 55.3 Å². The average molecular weight is 424 g/mol. The lowest BCUT2D eigenvalue weighted by Gasteiger charge is -2.22. The highest BCUT2D eigenvalue weighted by Crippen LogP contribution is 2.34. The molecule has 0 bridgehead atoms. The van der Waals surface area contributed by atoms with Crippen molar-refractivity contribution in [1.82, 2.24) is 9.97 Å². The molecule has 0 aliphatic carbocycles. The van der Waals surface area contributed by atoms with E-state index in [2.05, 4.69) is 31.0 Å². The summed E-state index contributed by atoms with van der Waals surface area (Å²) in [5.41, 5.74) is 4.15. The van der Waals surface area contributed by atoms with Crippen molar-refractivity contribution in [3.05, 3.63) is 52.5 Å². The first-order valence-corrected chi connectivity index (χ1v) is 11.4. The Morgan fingerprint density at radius 1 is 1.17 bits per heavy atom. The molecule has 29 heavy (non-hydrogen) atoms. The molecule has 1 fully saturated rings. The zero-order chi connectivity index (χ0) is 20.0. The van der Waals surface area contributed by atoms with Crippen molar-refractivity contribution in [2.24, 2.45) is 0 Å². The number of thiazole rings is 2. The smallest absolute Gasteiger partial charge is 0.289 e. The number of ether oxygens (including phenoxy) is 1. The normalized spacial score (nSPS) is 16.7. The second-order valence-electron chi connectivity index (χ2n) is 7.46. The second-order valence-corrected chi connectivity index (χ2v) is 9.50. The van der Waals surface area contributed by atoms with Gasteiger partial charge in [-0.2, -0.15) is 0 Å². The average Bonchev–Trinajstić information content (AvgIpc) is 3.44. The van der Waals surface area contributed by atoms with Gasteiger partial charge in [-0.15, -0.1) is 11.3 Å². The van der Waals surface area contributed by atoms with Crippen LogP contribution in [0.15, 0.2) is 36.4 Å². The fourth-order valence-corrected chi connectivity index (χ4v) is 5.86. The fraction of sp³-hybridized carbons (Fsp3) is 0.318. The lowest BCUT2D eigenvalue weighted by Crippen LogP contribution is -2.37. The number of amides is 1. The minimum Gasteiger partial charge on any atom is -0.376 e. The molecule has 0 spiro atoms. The Bertz CT molecular complexity index is 1170. The number of aromatic nitrogens is 2. The van der Waals surface area contributed by atoms with Crippen molar-refractivity contribution < 1.29 is 9.53 Å². The van der Waals surface area contributed by atoms with Crippen LogP contribution in [-0.4, -0.2) is 35.1 Å². The maximum absolute atomic E-state index is 13.5. The van der Waals surface area contributed by atoms with Crippen LogP contribution in [0, 0.1) is 13.8 Å². The van der Waals surface area contributed by atoms with E-state index in [9.17, 15) is 4.79 Å². The molecule has 3 heterocycles. The largest absolute Gasteiger partial charge is 0.376 e. The van der Waals surface area contributed by atoms with Crippen molar-refractivity contribution >= 4 is 54.1 Å². The summed E-state index contributed by atoms with van der Waals surface area (Å²) in [5.74, 6) is -0.102. The van der Waals surface area contributed by atoms with Gasteiger partial charge < -0.3 is 4.74 Å². The predicted molar refractivity (Wildman–Crippen MR) is 119 cm³/mol. The van der Waals surface area contributed by atoms with Gasteiger partial charge in [0.05, 0.1) is 33.1 Å². The van der Waals surface area contributed by atoms with Crippen LogP contribution in [0.2, 0.25) is 0 Å². The molecule has 2 aromatic heterocycles. The molecule has 7 heteroatoms. The van der Waals surface area contributed by atoms with E-state index in [-0.39, 0.29) is 12.0 Å². The third kappa shape index (κ3) is 3.54. The molecule has 0 N–H and O–H groups in total. The number of benzene rings is 2. The molecule has 0 radical (unpaired) electrons. The lowest BCUT2D eigenvalue weighted by molar-refractivity contribution is 0.0917. The first kappa shape index (κ1) is 18.7. The third-order valence-electron chi connectivity index (χ3n) is 5.18. The molecule has 0 saturated carbocycles.